The molecule has 0 bridgehead atoms. The van der Waals surface area contributed by atoms with Crippen molar-refractivity contribution >= 4 is 50.5 Å². The van der Waals surface area contributed by atoms with Crippen LogP contribution in [0.25, 0.3) is 0 Å². The van der Waals surface area contributed by atoms with Gasteiger partial charge in [-0.1, -0.05) is 23.7 Å². The van der Waals surface area contributed by atoms with Gasteiger partial charge in [-0.25, -0.2) is 17.7 Å². The van der Waals surface area contributed by atoms with Crippen molar-refractivity contribution in [2.45, 2.75) is 18.7 Å². The maximum Gasteiger partial charge on any atom is 0.244 e. The Kier molecular flexibility index (Phi) is 9.33. The van der Waals surface area contributed by atoms with Gasteiger partial charge in [0.1, 0.15) is 21.4 Å². The van der Waals surface area contributed by atoms with Crippen molar-refractivity contribution in [1.82, 2.24) is 14.3 Å². The molecule has 0 aliphatic carbocycles. The Bertz CT molecular complexity index is 1400. The average molecular weight is 577 g/mol. The summed E-state index contributed by atoms with van der Waals surface area (Å²) in [6.07, 6.45) is 1.44. The molecule has 4 rings (SSSR count). The molecule has 13 heteroatoms. The lowest BCUT2D eigenvalue weighted by molar-refractivity contribution is 0.122. The van der Waals surface area contributed by atoms with Gasteiger partial charge in [-0.05, 0) is 26.0 Å². The van der Waals surface area contributed by atoms with Crippen molar-refractivity contribution in [2.24, 2.45) is 0 Å². The minimum absolute atomic E-state index is 0.0953. The van der Waals surface area contributed by atoms with Gasteiger partial charge in [0.15, 0.2) is 5.82 Å². The first-order valence-electron chi connectivity index (χ1n) is 12.6. The van der Waals surface area contributed by atoms with Gasteiger partial charge in [-0.2, -0.15) is 4.98 Å². The number of halogens is 1. The summed E-state index contributed by atoms with van der Waals surface area (Å²) in [4.78, 5) is 11.1. The number of para-hydroxylation sites is 1. The van der Waals surface area contributed by atoms with Gasteiger partial charge in [0.05, 0.1) is 49.7 Å². The topological polar surface area (TPSA) is 118 Å². The molecule has 2 aromatic carbocycles. The lowest BCUT2D eigenvalue weighted by Crippen LogP contribution is -2.36. The Morgan fingerprint density at radius 1 is 1.03 bits per heavy atom. The molecule has 2 heterocycles. The van der Waals surface area contributed by atoms with Crippen molar-refractivity contribution in [2.75, 3.05) is 69.1 Å². The summed E-state index contributed by atoms with van der Waals surface area (Å²) in [6, 6.07) is 10.4. The van der Waals surface area contributed by atoms with Crippen molar-refractivity contribution < 1.29 is 22.6 Å². The predicted octanol–water partition coefficient (Wildman–Crippen LogP) is 4.50. The Hall–Kier alpha value is -3.32. The van der Waals surface area contributed by atoms with Crippen molar-refractivity contribution in [1.29, 1.82) is 0 Å². The third-order valence-electron chi connectivity index (χ3n) is 5.90. The number of benzene rings is 2. The molecule has 0 spiro atoms. The van der Waals surface area contributed by atoms with Crippen LogP contribution in [-0.4, -0.2) is 76.3 Å². The molecular weight excluding hydrogens is 544 g/mol. The summed E-state index contributed by atoms with van der Waals surface area (Å²) >= 11 is 6.40. The number of sulfonamides is 1. The van der Waals surface area contributed by atoms with E-state index in [0.717, 1.165) is 23.1 Å². The minimum atomic E-state index is -3.71. The number of hydrogen-bond acceptors (Lipinski definition) is 10. The largest absolute Gasteiger partial charge is 0.492 e. The molecule has 1 aliphatic rings. The summed E-state index contributed by atoms with van der Waals surface area (Å²) in [5.41, 5.74) is 1.87. The molecule has 1 aliphatic heterocycles. The quantitative estimate of drug-likeness (QED) is 0.338. The number of anilines is 5. The Morgan fingerprint density at radius 2 is 1.72 bits per heavy atom. The molecule has 210 valence electrons. The number of hydrogen-bond donors (Lipinski definition) is 2. The second kappa shape index (κ2) is 12.7. The smallest absolute Gasteiger partial charge is 0.244 e. The van der Waals surface area contributed by atoms with Gasteiger partial charge in [-0.15, -0.1) is 0 Å². The summed E-state index contributed by atoms with van der Waals surface area (Å²) < 4.78 is 44.3. The fourth-order valence-corrected chi connectivity index (χ4v) is 5.18. The van der Waals surface area contributed by atoms with E-state index in [1.165, 1.54) is 26.4 Å². The summed E-state index contributed by atoms with van der Waals surface area (Å²) in [7, 11) is -0.759. The first kappa shape index (κ1) is 28.7. The number of morpholine rings is 1. The van der Waals surface area contributed by atoms with Gasteiger partial charge in [-0.3, -0.25) is 0 Å². The molecule has 0 saturated carbocycles. The lowest BCUT2D eigenvalue weighted by Gasteiger charge is -2.31. The molecule has 1 fully saturated rings. The number of nitrogens with zero attached hydrogens (tertiary/aromatic N) is 4. The molecule has 1 saturated heterocycles. The zero-order valence-electron chi connectivity index (χ0n) is 22.4. The molecule has 1 aromatic heterocycles. The van der Waals surface area contributed by atoms with Gasteiger partial charge in [0.25, 0.3) is 0 Å². The van der Waals surface area contributed by atoms with Crippen LogP contribution in [0.3, 0.4) is 0 Å². The van der Waals surface area contributed by atoms with Gasteiger partial charge < -0.3 is 29.7 Å². The highest BCUT2D eigenvalue weighted by atomic mass is 35.5. The summed E-state index contributed by atoms with van der Waals surface area (Å²) in [5.74, 6) is 1.78. The number of nitrogens with one attached hydrogen (secondary N) is 2. The van der Waals surface area contributed by atoms with E-state index in [2.05, 4.69) is 25.5 Å². The summed E-state index contributed by atoms with van der Waals surface area (Å²) in [5, 5.41) is 6.48. The third-order valence-corrected chi connectivity index (χ3v) is 8.05. The number of ether oxygens (including phenoxy) is 3. The lowest BCUT2D eigenvalue weighted by atomic mass is 10.2. The monoisotopic (exact) mass is 576 g/mol. The van der Waals surface area contributed by atoms with E-state index in [-0.39, 0.29) is 21.7 Å². The normalized spacial score (nSPS) is 13.8. The molecule has 0 amide bonds. The standard InChI is InChI=1S/C26H33ClN6O5S/c1-5-37-22-16-21(33-11-13-36-14-12-33)23(38-6-2)15-20(22)30-26-28-17-18(27)25(31-26)29-19-9-7-8-10-24(19)39(34,35)32(3)4/h7-10,15-17H,5-6,11-14H2,1-4H3,(H2,28,29,30,31). The maximum absolute atomic E-state index is 12.8. The van der Waals surface area contributed by atoms with Crippen LogP contribution < -0.4 is 25.0 Å². The second-order valence-corrected chi connectivity index (χ2v) is 11.2. The van der Waals surface area contributed by atoms with E-state index >= 15 is 0 Å². The third kappa shape index (κ3) is 6.64. The van der Waals surface area contributed by atoms with Gasteiger partial charge in [0.2, 0.25) is 16.0 Å². The van der Waals surface area contributed by atoms with Crippen LogP contribution in [0.4, 0.5) is 28.8 Å². The number of rotatable bonds is 11. The second-order valence-electron chi connectivity index (χ2n) is 8.71. The molecule has 39 heavy (non-hydrogen) atoms. The molecule has 11 nitrogen and oxygen atoms in total. The molecule has 0 atom stereocenters. The van der Waals surface area contributed by atoms with Crippen molar-refractivity contribution in [3.8, 4) is 11.5 Å². The highest BCUT2D eigenvalue weighted by molar-refractivity contribution is 7.89. The Labute approximate surface area is 234 Å². The molecular formula is C26H33ClN6O5S. The van der Waals surface area contributed by atoms with Crippen LogP contribution in [0.1, 0.15) is 13.8 Å². The van der Waals surface area contributed by atoms with E-state index in [1.54, 1.807) is 18.2 Å². The van der Waals surface area contributed by atoms with Crippen LogP contribution in [0.5, 0.6) is 11.5 Å². The maximum atomic E-state index is 12.8. The first-order chi connectivity index (χ1) is 18.7. The zero-order chi connectivity index (χ0) is 28.0. The minimum Gasteiger partial charge on any atom is -0.492 e. The number of aromatic nitrogens is 2. The molecule has 3 aromatic rings. The molecule has 0 radical (unpaired) electrons. The van der Waals surface area contributed by atoms with Crippen molar-refractivity contribution in [3.63, 3.8) is 0 Å². The summed E-state index contributed by atoms with van der Waals surface area (Å²) in [6.45, 7) is 7.57. The first-order valence-corrected chi connectivity index (χ1v) is 14.4. The zero-order valence-corrected chi connectivity index (χ0v) is 24.0. The van der Waals surface area contributed by atoms with E-state index < -0.39 is 10.0 Å². The van der Waals surface area contributed by atoms with Crippen LogP contribution >= 0.6 is 11.6 Å². The Balaban J connectivity index is 1.68. The van der Waals surface area contributed by atoms with Crippen LogP contribution in [0.15, 0.2) is 47.5 Å². The molecule has 2 N–H and O–H groups in total. The average Bonchev–Trinajstić information content (AvgIpc) is 2.92. The Morgan fingerprint density at radius 3 is 2.41 bits per heavy atom. The fraction of sp³-hybridized carbons (Fsp3) is 0.385. The van der Waals surface area contributed by atoms with E-state index in [1.807, 2.05) is 26.0 Å². The molecule has 0 unspecified atom stereocenters. The van der Waals surface area contributed by atoms with Gasteiger partial charge >= 0.3 is 0 Å². The van der Waals surface area contributed by atoms with E-state index in [9.17, 15) is 8.42 Å². The predicted molar refractivity (Wildman–Crippen MR) is 153 cm³/mol. The fourth-order valence-electron chi connectivity index (χ4n) is 4.00. The van der Waals surface area contributed by atoms with E-state index in [0.29, 0.717) is 49.3 Å². The van der Waals surface area contributed by atoms with E-state index in [4.69, 9.17) is 25.8 Å². The highest BCUT2D eigenvalue weighted by Gasteiger charge is 2.23. The van der Waals surface area contributed by atoms with Crippen LogP contribution in [0, 0.1) is 0 Å². The SMILES string of the molecule is CCOc1cc(N2CCOCC2)c(OCC)cc1Nc1ncc(Cl)c(Nc2ccccc2S(=O)(=O)N(C)C)n1. The van der Waals surface area contributed by atoms with Crippen LogP contribution in [-0.2, 0) is 14.8 Å². The highest BCUT2D eigenvalue weighted by Crippen LogP contribution is 2.40. The van der Waals surface area contributed by atoms with Gasteiger partial charge in [0, 0.05) is 39.3 Å². The van der Waals surface area contributed by atoms with Crippen LogP contribution in [0.2, 0.25) is 5.02 Å². The van der Waals surface area contributed by atoms with Crippen molar-refractivity contribution in [3.05, 3.63) is 47.6 Å².